The second kappa shape index (κ2) is 6.61. The van der Waals surface area contributed by atoms with E-state index >= 15 is 0 Å². The van der Waals surface area contributed by atoms with Crippen LogP contribution in [0.15, 0.2) is 36.4 Å². The minimum atomic E-state index is -1.12. The van der Waals surface area contributed by atoms with E-state index in [1.165, 1.54) is 12.5 Å². The number of nitrogens with one attached hydrogen (secondary N) is 1. The zero-order chi connectivity index (χ0) is 18.3. The average Bonchev–Trinajstić information content (AvgIpc) is 3.46. The number of phenols is 1. The third kappa shape index (κ3) is 3.24. The van der Waals surface area contributed by atoms with Crippen LogP contribution in [0, 0.1) is 5.92 Å². The van der Waals surface area contributed by atoms with E-state index in [1.54, 1.807) is 18.2 Å². The number of carboxylic acids is 1. The summed E-state index contributed by atoms with van der Waals surface area (Å²) in [5.74, 6) is -0.461. The van der Waals surface area contributed by atoms with Crippen LogP contribution in [0.25, 0.3) is 10.8 Å². The molecule has 2 aromatic carbocycles. The van der Waals surface area contributed by atoms with Gasteiger partial charge >= 0.3 is 5.97 Å². The molecule has 6 heteroatoms. The van der Waals surface area contributed by atoms with Crippen molar-refractivity contribution in [1.29, 1.82) is 0 Å². The van der Waals surface area contributed by atoms with E-state index in [-0.39, 0.29) is 11.3 Å². The van der Waals surface area contributed by atoms with Gasteiger partial charge in [-0.2, -0.15) is 0 Å². The van der Waals surface area contributed by atoms with Gasteiger partial charge in [0.05, 0.1) is 0 Å². The topological polar surface area (TPSA) is 89.9 Å². The largest absolute Gasteiger partial charge is 0.506 e. The van der Waals surface area contributed by atoms with E-state index in [2.05, 4.69) is 10.2 Å². The van der Waals surface area contributed by atoms with Crippen LogP contribution in [0.3, 0.4) is 0 Å². The van der Waals surface area contributed by atoms with Crippen LogP contribution in [0.5, 0.6) is 5.75 Å². The Bertz CT molecular complexity index is 846. The number of piperidine rings is 1. The molecule has 3 aliphatic heterocycles. The molecule has 1 saturated carbocycles. The Balaban J connectivity index is 0.000000130. The molecule has 26 heavy (non-hydrogen) atoms. The van der Waals surface area contributed by atoms with Gasteiger partial charge in [-0.15, -0.1) is 0 Å². The van der Waals surface area contributed by atoms with Gasteiger partial charge in [0.25, 0.3) is 0 Å². The van der Waals surface area contributed by atoms with Gasteiger partial charge in [-0.1, -0.05) is 30.3 Å². The van der Waals surface area contributed by atoms with E-state index in [0.717, 1.165) is 31.3 Å². The highest BCUT2D eigenvalue weighted by Crippen LogP contribution is 2.33. The SMILES string of the molecule is O=C(C1CC1)N1CC2CC(C1)N2.O=C(O)c1ccc2ccccc2c1O. The highest BCUT2D eigenvalue weighted by atomic mass is 16.4. The number of hydrogen-bond donors (Lipinski definition) is 3. The van der Waals surface area contributed by atoms with Crippen LogP contribution < -0.4 is 5.32 Å². The number of carbonyl (C=O) groups excluding carboxylic acids is 1. The van der Waals surface area contributed by atoms with Gasteiger partial charge in [-0.3, -0.25) is 4.79 Å². The molecule has 3 heterocycles. The zero-order valence-electron chi connectivity index (χ0n) is 14.4. The molecule has 0 radical (unpaired) electrons. The Morgan fingerprint density at radius 1 is 1.04 bits per heavy atom. The maximum Gasteiger partial charge on any atom is 0.339 e. The number of benzene rings is 2. The van der Waals surface area contributed by atoms with E-state index in [1.807, 2.05) is 12.1 Å². The maximum atomic E-state index is 11.6. The van der Waals surface area contributed by atoms with Crippen molar-refractivity contribution in [3.05, 3.63) is 42.0 Å². The standard InChI is InChI=1S/C11H8O3.C9H14N2O/c12-10-8-4-2-1-3-7(8)5-6-9(10)11(13)14;12-9(6-1-2-6)11-4-7-3-8(5-11)10-7/h1-6,12H,(H,13,14);6-8,10H,1-5H2. The first-order chi connectivity index (χ1) is 12.5. The van der Waals surface area contributed by atoms with Crippen LogP contribution in [0.1, 0.15) is 29.6 Å². The molecule has 6 nitrogen and oxygen atoms in total. The second-order valence-corrected chi connectivity index (χ2v) is 7.30. The summed E-state index contributed by atoms with van der Waals surface area (Å²) >= 11 is 0. The number of nitrogens with zero attached hydrogens (tertiary/aromatic N) is 1. The summed E-state index contributed by atoms with van der Waals surface area (Å²) in [4.78, 5) is 24.4. The van der Waals surface area contributed by atoms with Gasteiger partial charge in [0.2, 0.25) is 5.91 Å². The molecule has 3 saturated heterocycles. The normalized spacial score (nSPS) is 23.6. The van der Waals surface area contributed by atoms with Gasteiger partial charge in [-0.05, 0) is 30.7 Å². The Morgan fingerprint density at radius 3 is 2.31 bits per heavy atom. The highest BCUT2D eigenvalue weighted by molar-refractivity contribution is 6.00. The third-order valence-corrected chi connectivity index (χ3v) is 5.29. The highest BCUT2D eigenvalue weighted by Gasteiger charge is 2.42. The number of aromatic carboxylic acids is 1. The van der Waals surface area contributed by atoms with Gasteiger partial charge in [0.1, 0.15) is 11.3 Å². The monoisotopic (exact) mass is 354 g/mol. The molecular formula is C20H22N2O4. The van der Waals surface area contributed by atoms with Crippen molar-refractivity contribution < 1.29 is 19.8 Å². The number of carboxylic acid groups (broad SMARTS) is 1. The summed E-state index contributed by atoms with van der Waals surface area (Å²) in [6.45, 7) is 1.93. The van der Waals surface area contributed by atoms with Crippen LogP contribution in [0.4, 0.5) is 0 Å². The molecule has 0 spiro atoms. The first kappa shape index (κ1) is 16.8. The van der Waals surface area contributed by atoms with Crippen LogP contribution in [-0.4, -0.2) is 52.2 Å². The Hall–Kier alpha value is -2.60. The Labute approximate surface area is 151 Å². The van der Waals surface area contributed by atoms with Crippen LogP contribution in [0.2, 0.25) is 0 Å². The second-order valence-electron chi connectivity index (χ2n) is 7.30. The lowest BCUT2D eigenvalue weighted by Crippen LogP contribution is -2.67. The predicted octanol–water partition coefficient (Wildman–Crippen LogP) is 2.21. The van der Waals surface area contributed by atoms with Gasteiger partial charge in [0, 0.05) is 36.5 Å². The van der Waals surface area contributed by atoms with Gasteiger partial charge < -0.3 is 20.4 Å². The van der Waals surface area contributed by atoms with Crippen molar-refractivity contribution >= 4 is 22.6 Å². The summed E-state index contributed by atoms with van der Waals surface area (Å²) in [6, 6.07) is 11.4. The molecule has 136 valence electrons. The minimum absolute atomic E-state index is 0.0660. The molecule has 3 N–H and O–H groups in total. The summed E-state index contributed by atoms with van der Waals surface area (Å²) in [5, 5.41) is 23.2. The summed E-state index contributed by atoms with van der Waals surface area (Å²) in [5.41, 5.74) is -0.0660. The van der Waals surface area contributed by atoms with Crippen molar-refractivity contribution in [3.63, 3.8) is 0 Å². The van der Waals surface area contributed by atoms with Crippen molar-refractivity contribution in [3.8, 4) is 5.75 Å². The van der Waals surface area contributed by atoms with Crippen LogP contribution >= 0.6 is 0 Å². The van der Waals surface area contributed by atoms with Crippen LogP contribution in [-0.2, 0) is 4.79 Å². The fourth-order valence-corrected chi connectivity index (χ4v) is 3.71. The molecule has 1 amide bonds. The lowest BCUT2D eigenvalue weighted by Gasteiger charge is -2.48. The lowest BCUT2D eigenvalue weighted by molar-refractivity contribution is -0.136. The smallest absolute Gasteiger partial charge is 0.339 e. The number of fused-ring (bicyclic) bond motifs is 3. The Morgan fingerprint density at radius 2 is 1.69 bits per heavy atom. The van der Waals surface area contributed by atoms with Gasteiger partial charge in [-0.25, -0.2) is 4.79 Å². The average molecular weight is 354 g/mol. The third-order valence-electron chi connectivity index (χ3n) is 5.29. The van der Waals surface area contributed by atoms with Crippen molar-refractivity contribution in [2.75, 3.05) is 13.1 Å². The zero-order valence-corrected chi connectivity index (χ0v) is 14.4. The van der Waals surface area contributed by atoms with E-state index in [4.69, 9.17) is 5.11 Å². The minimum Gasteiger partial charge on any atom is -0.506 e. The van der Waals surface area contributed by atoms with E-state index in [9.17, 15) is 14.7 Å². The molecule has 0 aromatic heterocycles. The number of rotatable bonds is 2. The summed E-state index contributed by atoms with van der Waals surface area (Å²) in [7, 11) is 0. The molecule has 4 fully saturated rings. The van der Waals surface area contributed by atoms with Crippen molar-refractivity contribution in [2.24, 2.45) is 5.92 Å². The quantitative estimate of drug-likeness (QED) is 0.769. The number of hydrogen-bond acceptors (Lipinski definition) is 4. The summed E-state index contributed by atoms with van der Waals surface area (Å²) in [6.07, 6.45) is 3.56. The number of piperazine rings is 1. The van der Waals surface area contributed by atoms with Gasteiger partial charge in [0.15, 0.2) is 0 Å². The van der Waals surface area contributed by atoms with Crippen molar-refractivity contribution in [2.45, 2.75) is 31.3 Å². The molecule has 2 unspecified atom stereocenters. The maximum absolute atomic E-state index is 11.6. The van der Waals surface area contributed by atoms with E-state index < -0.39 is 5.97 Å². The molecule has 2 atom stereocenters. The van der Waals surface area contributed by atoms with Crippen molar-refractivity contribution in [1.82, 2.24) is 10.2 Å². The first-order valence-electron chi connectivity index (χ1n) is 9.02. The predicted molar refractivity (Wildman–Crippen MR) is 97.2 cm³/mol. The van der Waals surface area contributed by atoms with E-state index in [0.29, 0.717) is 29.3 Å². The molecule has 6 rings (SSSR count). The number of carbonyl (C=O) groups is 2. The Kier molecular flexibility index (Phi) is 4.28. The molecule has 2 aromatic rings. The first-order valence-corrected chi connectivity index (χ1v) is 9.02. The fraction of sp³-hybridized carbons (Fsp3) is 0.400. The number of amides is 1. The molecule has 1 aliphatic carbocycles. The molecule has 4 aliphatic rings. The fourth-order valence-electron chi connectivity index (χ4n) is 3.71. The molecular weight excluding hydrogens is 332 g/mol. The summed E-state index contributed by atoms with van der Waals surface area (Å²) < 4.78 is 0. The molecule has 2 bridgehead atoms. The lowest BCUT2D eigenvalue weighted by atomic mass is 9.91. The number of aromatic hydroxyl groups is 1.